The first-order valence-corrected chi connectivity index (χ1v) is 6.77. The lowest BCUT2D eigenvalue weighted by molar-refractivity contribution is 0.0946. The molecule has 23 heavy (non-hydrogen) atoms. The van der Waals surface area contributed by atoms with E-state index in [2.05, 4.69) is 21.3 Å². The highest BCUT2D eigenvalue weighted by Gasteiger charge is 2.08. The lowest BCUT2D eigenvalue weighted by Crippen LogP contribution is -2.25. The Balaban J connectivity index is 0.00000242. The molecule has 5 nitrogen and oxygen atoms in total. The van der Waals surface area contributed by atoms with Crippen molar-refractivity contribution < 1.29 is 4.79 Å². The molecule has 3 N–H and O–H groups in total. The number of nitrogens with one attached hydrogen (secondary N) is 1. The van der Waals surface area contributed by atoms with Crippen LogP contribution in [-0.4, -0.2) is 29.9 Å². The largest absolute Gasteiger partial charge is 0.397 e. The summed E-state index contributed by atoms with van der Waals surface area (Å²) < 4.78 is 0. The second kappa shape index (κ2) is 10.0. The molecule has 0 saturated heterocycles. The lowest BCUT2D eigenvalue weighted by Gasteiger charge is -2.14. The van der Waals surface area contributed by atoms with Gasteiger partial charge in [-0.25, -0.2) is 4.98 Å². The fraction of sp³-hybridized carbons (Fsp3) is 0.250. The fourth-order valence-corrected chi connectivity index (χ4v) is 2.03. The third kappa shape index (κ3) is 6.44. The van der Waals surface area contributed by atoms with Gasteiger partial charge in [-0.05, 0) is 37.4 Å². The number of halogens is 2. The normalized spacial score (nSPS) is 9.70. The molecule has 0 atom stereocenters. The van der Waals surface area contributed by atoms with Gasteiger partial charge >= 0.3 is 0 Å². The van der Waals surface area contributed by atoms with E-state index in [9.17, 15) is 4.79 Å². The summed E-state index contributed by atoms with van der Waals surface area (Å²) in [4.78, 5) is 18.2. The number of benzene rings is 1. The van der Waals surface area contributed by atoms with E-state index in [-0.39, 0.29) is 30.7 Å². The Morgan fingerprint density at radius 3 is 2.35 bits per heavy atom. The number of aromatic nitrogens is 1. The van der Waals surface area contributed by atoms with Crippen molar-refractivity contribution in [1.29, 1.82) is 0 Å². The van der Waals surface area contributed by atoms with Gasteiger partial charge in [-0.15, -0.1) is 24.8 Å². The van der Waals surface area contributed by atoms with Crippen LogP contribution < -0.4 is 11.1 Å². The molecule has 0 fully saturated rings. The minimum absolute atomic E-state index is 0. The van der Waals surface area contributed by atoms with Crippen molar-refractivity contribution in [1.82, 2.24) is 15.2 Å². The van der Waals surface area contributed by atoms with Crippen molar-refractivity contribution in [2.75, 3.05) is 19.8 Å². The molecule has 2 aromatic rings. The molecule has 2 rings (SSSR count). The Morgan fingerprint density at radius 2 is 1.78 bits per heavy atom. The smallest absolute Gasteiger partial charge is 0.270 e. The fourth-order valence-electron chi connectivity index (χ4n) is 2.03. The Kier molecular flexibility index (Phi) is 9.25. The van der Waals surface area contributed by atoms with E-state index in [1.165, 1.54) is 11.8 Å². The number of nitrogen functional groups attached to an aromatic ring is 1. The molecule has 126 valence electrons. The van der Waals surface area contributed by atoms with Crippen LogP contribution in [0.5, 0.6) is 0 Å². The average molecular weight is 357 g/mol. The van der Waals surface area contributed by atoms with Crippen LogP contribution in [0.15, 0.2) is 42.6 Å². The number of pyridine rings is 1. The third-order valence-corrected chi connectivity index (χ3v) is 3.06. The van der Waals surface area contributed by atoms with Gasteiger partial charge in [0.1, 0.15) is 5.69 Å². The monoisotopic (exact) mass is 356 g/mol. The number of carbonyl (C=O) groups is 1. The van der Waals surface area contributed by atoms with Crippen molar-refractivity contribution >= 4 is 36.4 Å². The first kappa shape index (κ1) is 21.2. The van der Waals surface area contributed by atoms with Crippen molar-refractivity contribution in [3.05, 3.63) is 59.4 Å². The quantitative estimate of drug-likeness (QED) is 0.863. The Bertz CT molecular complexity index is 618. The topological polar surface area (TPSA) is 71.2 Å². The van der Waals surface area contributed by atoms with Gasteiger partial charge in [0.05, 0.1) is 11.9 Å². The average Bonchev–Trinajstić information content (AvgIpc) is 2.46. The highest BCUT2D eigenvalue weighted by molar-refractivity contribution is 5.92. The van der Waals surface area contributed by atoms with Gasteiger partial charge in [-0.3, -0.25) is 4.79 Å². The third-order valence-electron chi connectivity index (χ3n) is 3.06. The first-order valence-electron chi connectivity index (χ1n) is 6.77. The molecule has 0 aliphatic rings. The molecule has 0 spiro atoms. The van der Waals surface area contributed by atoms with Gasteiger partial charge in [0.15, 0.2) is 0 Å². The number of nitrogens with two attached hydrogens (primary N) is 1. The minimum atomic E-state index is -0.199. The Labute approximate surface area is 149 Å². The molecule has 1 heterocycles. The summed E-state index contributed by atoms with van der Waals surface area (Å²) in [5.74, 6) is -0.199. The number of rotatable bonds is 5. The zero-order chi connectivity index (χ0) is 15.2. The molecule has 0 unspecified atom stereocenters. The van der Waals surface area contributed by atoms with Crippen molar-refractivity contribution in [3.8, 4) is 0 Å². The highest BCUT2D eigenvalue weighted by atomic mass is 35.5. The first-order chi connectivity index (χ1) is 10.1. The predicted molar refractivity (Wildman–Crippen MR) is 98.1 cm³/mol. The van der Waals surface area contributed by atoms with E-state index in [1.54, 1.807) is 12.1 Å². The maximum absolute atomic E-state index is 12.0. The number of amides is 1. The molecule has 1 amide bonds. The van der Waals surface area contributed by atoms with Gasteiger partial charge in [0, 0.05) is 13.1 Å². The molecular formula is C16H22Cl2N4O. The number of anilines is 1. The lowest BCUT2D eigenvalue weighted by atomic mass is 10.1. The van der Waals surface area contributed by atoms with Gasteiger partial charge < -0.3 is 16.0 Å². The number of hydrogen-bond donors (Lipinski definition) is 2. The maximum atomic E-state index is 12.0. The second-order valence-corrected chi connectivity index (χ2v) is 5.17. The van der Waals surface area contributed by atoms with Crippen LogP contribution in [0.3, 0.4) is 0 Å². The second-order valence-electron chi connectivity index (χ2n) is 5.17. The number of nitrogens with zero attached hydrogens (tertiary/aromatic N) is 2. The molecule has 0 aliphatic carbocycles. The van der Waals surface area contributed by atoms with E-state index in [0.717, 1.165) is 12.1 Å². The van der Waals surface area contributed by atoms with Gasteiger partial charge in [0.2, 0.25) is 0 Å². The summed E-state index contributed by atoms with van der Waals surface area (Å²) in [5.41, 5.74) is 8.78. The molecule has 0 aliphatic heterocycles. The van der Waals surface area contributed by atoms with Crippen LogP contribution in [0.25, 0.3) is 0 Å². The summed E-state index contributed by atoms with van der Waals surface area (Å²) >= 11 is 0. The summed E-state index contributed by atoms with van der Waals surface area (Å²) in [7, 11) is 4.04. The zero-order valence-corrected chi connectivity index (χ0v) is 14.8. The molecule has 7 heteroatoms. The number of hydrogen-bond acceptors (Lipinski definition) is 4. The van der Waals surface area contributed by atoms with E-state index in [4.69, 9.17) is 5.73 Å². The maximum Gasteiger partial charge on any atom is 0.270 e. The zero-order valence-electron chi connectivity index (χ0n) is 13.2. The molecule has 1 aromatic carbocycles. The van der Waals surface area contributed by atoms with E-state index < -0.39 is 0 Å². The van der Waals surface area contributed by atoms with Crippen molar-refractivity contribution in [2.24, 2.45) is 0 Å². The van der Waals surface area contributed by atoms with Crippen molar-refractivity contribution in [3.63, 3.8) is 0 Å². The van der Waals surface area contributed by atoms with Crippen LogP contribution in [0.4, 0.5) is 5.69 Å². The van der Waals surface area contributed by atoms with Gasteiger partial charge in [-0.1, -0.05) is 24.3 Å². The molecule has 0 radical (unpaired) electrons. The van der Waals surface area contributed by atoms with E-state index in [1.807, 2.05) is 32.3 Å². The van der Waals surface area contributed by atoms with E-state index >= 15 is 0 Å². The molecular weight excluding hydrogens is 335 g/mol. The summed E-state index contributed by atoms with van der Waals surface area (Å²) in [6.07, 6.45) is 1.48. The minimum Gasteiger partial charge on any atom is -0.397 e. The Hall–Kier alpha value is -1.82. The van der Waals surface area contributed by atoms with Crippen LogP contribution in [0.1, 0.15) is 21.6 Å². The molecule has 0 bridgehead atoms. The van der Waals surface area contributed by atoms with Gasteiger partial charge in [-0.2, -0.15) is 0 Å². The summed E-state index contributed by atoms with van der Waals surface area (Å²) in [6, 6.07) is 11.4. The predicted octanol–water partition coefficient (Wildman–Crippen LogP) is 2.50. The van der Waals surface area contributed by atoms with Crippen molar-refractivity contribution in [2.45, 2.75) is 13.1 Å². The summed E-state index contributed by atoms with van der Waals surface area (Å²) in [5, 5.41) is 2.89. The Morgan fingerprint density at radius 1 is 1.13 bits per heavy atom. The summed E-state index contributed by atoms with van der Waals surface area (Å²) in [6.45, 7) is 1.32. The van der Waals surface area contributed by atoms with Gasteiger partial charge in [0.25, 0.3) is 5.91 Å². The van der Waals surface area contributed by atoms with Crippen LogP contribution >= 0.6 is 24.8 Å². The van der Waals surface area contributed by atoms with Crippen LogP contribution in [0.2, 0.25) is 0 Å². The standard InChI is InChI=1S/C16H20N4O.2ClH/c1-20(2)11-13-6-4-3-5-12(13)9-19-16(21)15-8-7-14(17)10-18-15;;/h3-8,10H,9,11,17H2,1-2H3,(H,19,21);2*1H. The highest BCUT2D eigenvalue weighted by Crippen LogP contribution is 2.10. The van der Waals surface area contributed by atoms with E-state index in [0.29, 0.717) is 17.9 Å². The van der Waals surface area contributed by atoms with Crippen LogP contribution in [-0.2, 0) is 13.1 Å². The SMILES string of the molecule is CN(C)Cc1ccccc1CNC(=O)c1ccc(N)cn1.Cl.Cl. The van der Waals surface area contributed by atoms with Crippen LogP contribution in [0, 0.1) is 0 Å². The molecule has 1 aromatic heterocycles. The molecule has 0 saturated carbocycles. The number of carbonyl (C=O) groups excluding carboxylic acids is 1.